The lowest BCUT2D eigenvalue weighted by Crippen LogP contribution is -2.53. The van der Waals surface area contributed by atoms with E-state index in [1.165, 1.54) is 0 Å². The van der Waals surface area contributed by atoms with Gasteiger partial charge in [-0.25, -0.2) is 0 Å². The number of aromatic nitrogens is 2. The molecule has 0 bridgehead atoms. The Labute approximate surface area is 217 Å². The molecule has 37 heavy (non-hydrogen) atoms. The van der Waals surface area contributed by atoms with Gasteiger partial charge in [-0.15, -0.1) is 0 Å². The van der Waals surface area contributed by atoms with E-state index in [9.17, 15) is 9.59 Å². The van der Waals surface area contributed by atoms with E-state index in [2.05, 4.69) is 10.4 Å². The second kappa shape index (κ2) is 10.4. The third-order valence-corrected chi connectivity index (χ3v) is 7.45. The summed E-state index contributed by atoms with van der Waals surface area (Å²) in [4.78, 5) is 29.0. The predicted molar refractivity (Wildman–Crippen MR) is 145 cm³/mol. The molecular weight excluding hydrogens is 460 g/mol. The van der Waals surface area contributed by atoms with Crippen LogP contribution < -0.4 is 5.32 Å². The maximum Gasteiger partial charge on any atom is 0.253 e. The van der Waals surface area contributed by atoms with E-state index in [0.29, 0.717) is 31.5 Å². The van der Waals surface area contributed by atoms with Crippen molar-refractivity contribution in [2.45, 2.75) is 31.2 Å². The summed E-state index contributed by atoms with van der Waals surface area (Å²) < 4.78 is 1.76. The Hall–Kier alpha value is -4.19. The first-order valence-corrected chi connectivity index (χ1v) is 12.8. The molecule has 188 valence electrons. The zero-order chi connectivity index (χ0) is 25.8. The van der Waals surface area contributed by atoms with E-state index in [0.717, 1.165) is 22.4 Å². The molecule has 3 aromatic carbocycles. The molecule has 6 nitrogen and oxygen atoms in total. The van der Waals surface area contributed by atoms with E-state index in [1.807, 2.05) is 116 Å². The fourth-order valence-electron chi connectivity index (χ4n) is 5.19. The lowest BCUT2D eigenvalue weighted by molar-refractivity contribution is -0.129. The van der Waals surface area contributed by atoms with Crippen LogP contribution in [0.25, 0.3) is 11.3 Å². The molecule has 0 unspecified atom stereocenters. The van der Waals surface area contributed by atoms with Crippen LogP contribution in [0.4, 0.5) is 0 Å². The van der Waals surface area contributed by atoms with E-state index < -0.39 is 5.41 Å². The SMILES string of the molecule is C[C@H](NC(=O)C1(c2ccccc2)CCN(C(=O)c2ccc(-c3ccn(C)n3)cc2)CC1)c1ccccc1. The monoisotopic (exact) mass is 492 g/mol. The second-order valence-electron chi connectivity index (χ2n) is 9.80. The van der Waals surface area contributed by atoms with Gasteiger partial charge in [-0.2, -0.15) is 5.10 Å². The van der Waals surface area contributed by atoms with Crippen molar-refractivity contribution < 1.29 is 9.59 Å². The number of aryl methyl sites for hydroxylation is 1. The van der Waals surface area contributed by atoms with Crippen molar-refractivity contribution in [2.24, 2.45) is 7.05 Å². The van der Waals surface area contributed by atoms with Crippen LogP contribution in [0, 0.1) is 0 Å². The molecule has 1 saturated heterocycles. The molecule has 1 fully saturated rings. The van der Waals surface area contributed by atoms with Crippen molar-refractivity contribution in [3.05, 3.63) is 114 Å². The van der Waals surface area contributed by atoms with Gasteiger partial charge in [0.25, 0.3) is 5.91 Å². The van der Waals surface area contributed by atoms with Gasteiger partial charge < -0.3 is 10.2 Å². The summed E-state index contributed by atoms with van der Waals surface area (Å²) in [6.07, 6.45) is 3.04. The summed E-state index contributed by atoms with van der Waals surface area (Å²) in [5.41, 5.74) is 3.89. The summed E-state index contributed by atoms with van der Waals surface area (Å²) in [5, 5.41) is 7.68. The van der Waals surface area contributed by atoms with E-state index in [1.54, 1.807) is 4.68 Å². The molecular formula is C31H32N4O2. The molecule has 0 spiro atoms. The summed E-state index contributed by atoms with van der Waals surface area (Å²) in [6, 6.07) is 29.4. The number of piperidine rings is 1. The number of nitrogens with zero attached hydrogens (tertiary/aromatic N) is 3. The first-order chi connectivity index (χ1) is 18.0. The van der Waals surface area contributed by atoms with E-state index in [4.69, 9.17) is 0 Å². The van der Waals surface area contributed by atoms with Crippen LogP contribution in [0.15, 0.2) is 97.2 Å². The molecule has 1 atom stereocenters. The van der Waals surface area contributed by atoms with Gasteiger partial charge in [0.15, 0.2) is 0 Å². The topological polar surface area (TPSA) is 67.2 Å². The Balaban J connectivity index is 1.31. The highest BCUT2D eigenvalue weighted by Crippen LogP contribution is 2.37. The van der Waals surface area contributed by atoms with Crippen molar-refractivity contribution in [3.63, 3.8) is 0 Å². The fraction of sp³-hybridized carbons (Fsp3) is 0.258. The van der Waals surface area contributed by atoms with Gasteiger partial charge in [-0.05, 0) is 49.1 Å². The number of carbonyl (C=O) groups excluding carboxylic acids is 2. The summed E-state index contributed by atoms with van der Waals surface area (Å²) in [7, 11) is 1.88. The van der Waals surface area contributed by atoms with Crippen molar-refractivity contribution in [2.75, 3.05) is 13.1 Å². The van der Waals surface area contributed by atoms with Crippen LogP contribution in [-0.4, -0.2) is 39.6 Å². The lowest BCUT2D eigenvalue weighted by atomic mass is 9.71. The number of amides is 2. The summed E-state index contributed by atoms with van der Waals surface area (Å²) in [5.74, 6) is 0.00848. The molecule has 4 aromatic rings. The maximum atomic E-state index is 13.8. The lowest BCUT2D eigenvalue weighted by Gasteiger charge is -2.41. The van der Waals surface area contributed by atoms with Gasteiger partial charge in [-0.3, -0.25) is 14.3 Å². The van der Waals surface area contributed by atoms with E-state index in [-0.39, 0.29) is 17.9 Å². The van der Waals surface area contributed by atoms with Gasteiger partial charge in [0, 0.05) is 37.5 Å². The smallest absolute Gasteiger partial charge is 0.253 e. The molecule has 1 N–H and O–H groups in total. The van der Waals surface area contributed by atoms with Crippen LogP contribution in [0.2, 0.25) is 0 Å². The third kappa shape index (κ3) is 5.05. The van der Waals surface area contributed by atoms with Crippen LogP contribution in [-0.2, 0) is 17.3 Å². The van der Waals surface area contributed by atoms with E-state index >= 15 is 0 Å². The molecule has 6 heteroatoms. The quantitative estimate of drug-likeness (QED) is 0.405. The molecule has 2 amide bonds. The third-order valence-electron chi connectivity index (χ3n) is 7.45. The first-order valence-electron chi connectivity index (χ1n) is 12.8. The van der Waals surface area contributed by atoms with Crippen LogP contribution in [0.3, 0.4) is 0 Å². The van der Waals surface area contributed by atoms with Crippen molar-refractivity contribution in [1.82, 2.24) is 20.0 Å². The standard InChI is InChI=1S/C31H32N4O2/c1-23(24-9-5-3-6-10-24)32-30(37)31(27-11-7-4-8-12-27)18-21-35(22-19-31)29(36)26-15-13-25(14-16-26)28-17-20-34(2)33-28/h3-17,20,23H,18-19,21-22H2,1-2H3,(H,32,37)/t23-/m0/s1. The predicted octanol–water partition coefficient (Wildman–Crippen LogP) is 5.14. The van der Waals surface area contributed by atoms with Crippen LogP contribution >= 0.6 is 0 Å². The number of hydrogen-bond acceptors (Lipinski definition) is 3. The molecule has 0 saturated carbocycles. The number of likely N-dealkylation sites (tertiary alicyclic amines) is 1. The highest BCUT2D eigenvalue weighted by atomic mass is 16.2. The van der Waals surface area contributed by atoms with Crippen LogP contribution in [0.5, 0.6) is 0 Å². The van der Waals surface area contributed by atoms with Crippen molar-refractivity contribution >= 4 is 11.8 Å². The van der Waals surface area contributed by atoms with Gasteiger partial charge in [0.05, 0.1) is 17.2 Å². The average molecular weight is 493 g/mol. The highest BCUT2D eigenvalue weighted by Gasteiger charge is 2.44. The van der Waals surface area contributed by atoms with Gasteiger partial charge >= 0.3 is 0 Å². The maximum absolute atomic E-state index is 13.8. The summed E-state index contributed by atoms with van der Waals surface area (Å²) in [6.45, 7) is 3.05. The minimum absolute atomic E-state index is 0.00713. The Morgan fingerprint density at radius 3 is 2.08 bits per heavy atom. The second-order valence-corrected chi connectivity index (χ2v) is 9.80. The number of nitrogens with one attached hydrogen (secondary N) is 1. The summed E-state index contributed by atoms with van der Waals surface area (Å²) >= 11 is 0. The molecule has 1 aliphatic heterocycles. The number of carbonyl (C=O) groups is 2. The zero-order valence-electron chi connectivity index (χ0n) is 21.3. The molecule has 1 aromatic heterocycles. The molecule has 5 rings (SSSR count). The largest absolute Gasteiger partial charge is 0.349 e. The van der Waals surface area contributed by atoms with Crippen LogP contribution in [0.1, 0.15) is 47.3 Å². The number of rotatable bonds is 6. The van der Waals surface area contributed by atoms with Crippen molar-refractivity contribution in [1.29, 1.82) is 0 Å². The Kier molecular flexibility index (Phi) is 6.91. The number of benzene rings is 3. The molecule has 1 aliphatic rings. The highest BCUT2D eigenvalue weighted by molar-refractivity contribution is 5.95. The minimum Gasteiger partial charge on any atom is -0.349 e. The first kappa shape index (κ1) is 24.5. The molecule has 0 aliphatic carbocycles. The Bertz CT molecular complexity index is 1360. The molecule has 0 radical (unpaired) electrons. The number of hydrogen-bond donors (Lipinski definition) is 1. The fourth-order valence-corrected chi connectivity index (χ4v) is 5.19. The minimum atomic E-state index is -0.677. The van der Waals surface area contributed by atoms with Crippen molar-refractivity contribution in [3.8, 4) is 11.3 Å². The zero-order valence-corrected chi connectivity index (χ0v) is 21.3. The van der Waals surface area contributed by atoms with Gasteiger partial charge in [0.1, 0.15) is 0 Å². The van der Waals surface area contributed by atoms with Gasteiger partial charge in [-0.1, -0.05) is 72.8 Å². The average Bonchev–Trinajstić information content (AvgIpc) is 3.40. The normalized spacial score (nSPS) is 15.7. The van der Waals surface area contributed by atoms with Gasteiger partial charge in [0.2, 0.25) is 5.91 Å². The Morgan fingerprint density at radius 2 is 1.49 bits per heavy atom. The Morgan fingerprint density at radius 1 is 0.865 bits per heavy atom. The molecule has 2 heterocycles.